The fourth-order valence-electron chi connectivity index (χ4n) is 4.70. The SMILES string of the molecule is c1ccc(COc2ccc(Nc3ncnc4[nH]c(-c5ccc(CN6CCCC6)cc5)cc34)cc2)cc1. The Balaban J connectivity index is 1.15. The van der Waals surface area contributed by atoms with Crippen LogP contribution in [0.5, 0.6) is 5.75 Å². The average Bonchev–Trinajstić information content (AvgIpc) is 3.60. The molecule has 3 heterocycles. The van der Waals surface area contributed by atoms with Crippen molar-refractivity contribution in [2.75, 3.05) is 18.4 Å². The van der Waals surface area contributed by atoms with E-state index in [0.29, 0.717) is 6.61 Å². The first-order valence-corrected chi connectivity index (χ1v) is 12.5. The molecule has 3 aromatic carbocycles. The summed E-state index contributed by atoms with van der Waals surface area (Å²) in [5.74, 6) is 1.60. The second-order valence-electron chi connectivity index (χ2n) is 9.27. The normalized spacial score (nSPS) is 13.8. The maximum absolute atomic E-state index is 5.90. The summed E-state index contributed by atoms with van der Waals surface area (Å²) < 4.78 is 5.90. The summed E-state index contributed by atoms with van der Waals surface area (Å²) in [4.78, 5) is 14.9. The van der Waals surface area contributed by atoms with E-state index >= 15 is 0 Å². The predicted octanol–water partition coefficient (Wildman–Crippen LogP) is 6.54. The smallest absolute Gasteiger partial charge is 0.143 e. The van der Waals surface area contributed by atoms with Crippen LogP contribution in [0.4, 0.5) is 11.5 Å². The van der Waals surface area contributed by atoms with Gasteiger partial charge in [-0.15, -0.1) is 0 Å². The zero-order valence-electron chi connectivity index (χ0n) is 20.2. The molecule has 180 valence electrons. The molecule has 0 saturated carbocycles. The van der Waals surface area contributed by atoms with Gasteiger partial charge in [0.05, 0.1) is 5.39 Å². The van der Waals surface area contributed by atoms with Gasteiger partial charge >= 0.3 is 0 Å². The topological polar surface area (TPSA) is 66.1 Å². The van der Waals surface area contributed by atoms with Crippen LogP contribution in [0.15, 0.2) is 91.3 Å². The molecule has 0 unspecified atom stereocenters. The van der Waals surface area contributed by atoms with Crippen molar-refractivity contribution in [1.82, 2.24) is 19.9 Å². The van der Waals surface area contributed by atoms with Crippen LogP contribution >= 0.6 is 0 Å². The van der Waals surface area contributed by atoms with Crippen molar-refractivity contribution in [3.63, 3.8) is 0 Å². The first-order chi connectivity index (χ1) is 17.8. The molecule has 1 aliphatic rings. The second kappa shape index (κ2) is 10.2. The van der Waals surface area contributed by atoms with Crippen molar-refractivity contribution in [2.24, 2.45) is 0 Å². The molecule has 0 radical (unpaired) electrons. The van der Waals surface area contributed by atoms with Crippen LogP contribution in [0.1, 0.15) is 24.0 Å². The zero-order valence-corrected chi connectivity index (χ0v) is 20.2. The predicted molar refractivity (Wildman–Crippen MR) is 144 cm³/mol. The molecule has 0 atom stereocenters. The van der Waals surface area contributed by atoms with E-state index in [2.05, 4.69) is 67.6 Å². The lowest BCUT2D eigenvalue weighted by molar-refractivity contribution is 0.306. The van der Waals surface area contributed by atoms with Gasteiger partial charge in [0.2, 0.25) is 0 Å². The summed E-state index contributed by atoms with van der Waals surface area (Å²) >= 11 is 0. The van der Waals surface area contributed by atoms with Crippen LogP contribution in [0, 0.1) is 0 Å². The summed E-state index contributed by atoms with van der Waals surface area (Å²) in [6.07, 6.45) is 4.22. The number of rotatable bonds is 8. The van der Waals surface area contributed by atoms with E-state index in [1.54, 1.807) is 6.33 Å². The van der Waals surface area contributed by atoms with E-state index in [0.717, 1.165) is 51.7 Å². The molecule has 2 N–H and O–H groups in total. The Morgan fingerprint density at radius 1 is 0.833 bits per heavy atom. The molecule has 1 fully saturated rings. The summed E-state index contributed by atoms with van der Waals surface area (Å²) in [5.41, 5.74) is 6.43. The van der Waals surface area contributed by atoms with Gasteiger partial charge in [0.25, 0.3) is 0 Å². The molecule has 0 spiro atoms. The molecule has 6 heteroatoms. The van der Waals surface area contributed by atoms with Crippen molar-refractivity contribution in [1.29, 1.82) is 0 Å². The van der Waals surface area contributed by atoms with Gasteiger partial charge in [0.15, 0.2) is 0 Å². The summed E-state index contributed by atoms with van der Waals surface area (Å²) in [6, 6.07) is 29.0. The van der Waals surface area contributed by atoms with Crippen molar-refractivity contribution in [2.45, 2.75) is 26.0 Å². The molecule has 0 aliphatic carbocycles. The lowest BCUT2D eigenvalue weighted by atomic mass is 10.1. The molecule has 36 heavy (non-hydrogen) atoms. The molecule has 1 saturated heterocycles. The number of hydrogen-bond acceptors (Lipinski definition) is 5. The van der Waals surface area contributed by atoms with Crippen LogP contribution in [0.3, 0.4) is 0 Å². The van der Waals surface area contributed by atoms with Gasteiger partial charge in [-0.05, 0) is 73.0 Å². The van der Waals surface area contributed by atoms with E-state index < -0.39 is 0 Å². The number of likely N-dealkylation sites (tertiary alicyclic amines) is 1. The highest BCUT2D eigenvalue weighted by Gasteiger charge is 2.13. The lowest BCUT2D eigenvalue weighted by Gasteiger charge is -2.14. The number of fused-ring (bicyclic) bond motifs is 1. The quantitative estimate of drug-likeness (QED) is 0.267. The minimum atomic E-state index is 0.547. The minimum absolute atomic E-state index is 0.547. The first kappa shape index (κ1) is 22.3. The van der Waals surface area contributed by atoms with Gasteiger partial charge in [0, 0.05) is 17.9 Å². The number of nitrogens with one attached hydrogen (secondary N) is 2. The summed E-state index contributed by atoms with van der Waals surface area (Å²) in [6.45, 7) is 4.00. The Labute approximate surface area is 211 Å². The highest BCUT2D eigenvalue weighted by atomic mass is 16.5. The summed E-state index contributed by atoms with van der Waals surface area (Å²) in [5, 5.41) is 4.39. The van der Waals surface area contributed by atoms with Crippen molar-refractivity contribution >= 4 is 22.5 Å². The van der Waals surface area contributed by atoms with Crippen LogP contribution in [0.2, 0.25) is 0 Å². The third-order valence-corrected chi connectivity index (χ3v) is 6.66. The Bertz CT molecular complexity index is 1420. The van der Waals surface area contributed by atoms with Crippen molar-refractivity contribution < 1.29 is 4.74 Å². The third-order valence-electron chi connectivity index (χ3n) is 6.66. The fourth-order valence-corrected chi connectivity index (χ4v) is 4.70. The van der Waals surface area contributed by atoms with Crippen LogP contribution in [-0.4, -0.2) is 32.9 Å². The number of anilines is 2. The molecule has 2 aromatic heterocycles. The van der Waals surface area contributed by atoms with Gasteiger partial charge in [0.1, 0.15) is 30.1 Å². The Hall–Kier alpha value is -4.16. The minimum Gasteiger partial charge on any atom is -0.489 e. The molecular weight excluding hydrogens is 446 g/mol. The van der Waals surface area contributed by atoms with E-state index in [9.17, 15) is 0 Å². The van der Waals surface area contributed by atoms with E-state index in [1.807, 2.05) is 42.5 Å². The van der Waals surface area contributed by atoms with Gasteiger partial charge in [-0.2, -0.15) is 0 Å². The number of ether oxygens (including phenoxy) is 1. The van der Waals surface area contributed by atoms with Crippen molar-refractivity contribution in [3.05, 3.63) is 102 Å². The number of benzene rings is 3. The monoisotopic (exact) mass is 475 g/mol. The van der Waals surface area contributed by atoms with Crippen LogP contribution in [0.25, 0.3) is 22.3 Å². The largest absolute Gasteiger partial charge is 0.489 e. The van der Waals surface area contributed by atoms with Gasteiger partial charge < -0.3 is 15.0 Å². The van der Waals surface area contributed by atoms with E-state index in [-0.39, 0.29) is 0 Å². The first-order valence-electron chi connectivity index (χ1n) is 12.5. The molecule has 1 aliphatic heterocycles. The maximum Gasteiger partial charge on any atom is 0.143 e. The molecule has 6 nitrogen and oxygen atoms in total. The molecule has 6 rings (SSSR count). The standard InChI is InChI=1S/C30H29N5O/c1-2-6-23(7-3-1)20-36-26-14-12-25(13-15-26)33-29-27-18-28(34-30(27)32-21-31-29)24-10-8-22(9-11-24)19-35-16-4-5-17-35/h1-3,6-15,18,21H,4-5,16-17,19-20H2,(H2,31,32,33,34). The average molecular weight is 476 g/mol. The number of aromatic nitrogens is 3. The molecule has 5 aromatic rings. The van der Waals surface area contributed by atoms with E-state index in [4.69, 9.17) is 4.74 Å². The third kappa shape index (κ3) is 5.09. The Kier molecular flexibility index (Phi) is 6.33. The van der Waals surface area contributed by atoms with Crippen molar-refractivity contribution in [3.8, 4) is 17.0 Å². The van der Waals surface area contributed by atoms with Crippen LogP contribution < -0.4 is 10.1 Å². The maximum atomic E-state index is 5.90. The Morgan fingerprint density at radius 3 is 2.39 bits per heavy atom. The summed E-state index contributed by atoms with van der Waals surface area (Å²) in [7, 11) is 0. The fraction of sp³-hybridized carbons (Fsp3) is 0.200. The van der Waals surface area contributed by atoms with Gasteiger partial charge in [-0.3, -0.25) is 4.90 Å². The van der Waals surface area contributed by atoms with E-state index in [1.165, 1.54) is 31.5 Å². The number of H-pyrrole nitrogens is 1. The van der Waals surface area contributed by atoms with Gasteiger partial charge in [-0.25, -0.2) is 9.97 Å². The second-order valence-corrected chi connectivity index (χ2v) is 9.27. The Morgan fingerprint density at radius 2 is 1.61 bits per heavy atom. The highest BCUT2D eigenvalue weighted by Crippen LogP contribution is 2.29. The van der Waals surface area contributed by atoms with Crippen LogP contribution in [-0.2, 0) is 13.2 Å². The molecule has 0 amide bonds. The number of aromatic amines is 1. The van der Waals surface area contributed by atoms with Gasteiger partial charge in [-0.1, -0.05) is 54.6 Å². The lowest BCUT2D eigenvalue weighted by Crippen LogP contribution is -2.18. The highest BCUT2D eigenvalue weighted by molar-refractivity contribution is 5.92. The molecular formula is C30H29N5O. The molecule has 0 bridgehead atoms. The number of nitrogens with zero attached hydrogens (tertiary/aromatic N) is 3. The zero-order chi connectivity index (χ0) is 24.2. The number of hydrogen-bond donors (Lipinski definition) is 2.